The number of rotatable bonds is 6. The number of hydrogen-bond acceptors (Lipinski definition) is 1. The lowest BCUT2D eigenvalue weighted by Gasteiger charge is -2.22. The van der Waals surface area contributed by atoms with Crippen molar-refractivity contribution >= 4 is 5.91 Å². The Bertz CT molecular complexity index is 175. The van der Waals surface area contributed by atoms with Gasteiger partial charge >= 0.3 is 0 Å². The second-order valence-corrected chi connectivity index (χ2v) is 5.62. The van der Waals surface area contributed by atoms with E-state index >= 15 is 0 Å². The Balaban J connectivity index is 4.17. The summed E-state index contributed by atoms with van der Waals surface area (Å²) < 4.78 is 0. The summed E-state index contributed by atoms with van der Waals surface area (Å²) >= 11 is 0. The average Bonchev–Trinajstić information content (AvgIpc) is 2.00. The van der Waals surface area contributed by atoms with E-state index < -0.39 is 0 Å². The molecule has 0 spiro atoms. The Hall–Kier alpha value is -0.530. The van der Waals surface area contributed by atoms with Gasteiger partial charge in [0.15, 0.2) is 0 Å². The van der Waals surface area contributed by atoms with E-state index in [0.29, 0.717) is 24.2 Å². The van der Waals surface area contributed by atoms with Crippen LogP contribution in [-0.2, 0) is 4.79 Å². The third kappa shape index (κ3) is 7.40. The van der Waals surface area contributed by atoms with Gasteiger partial charge in [0.25, 0.3) is 0 Å². The van der Waals surface area contributed by atoms with E-state index in [2.05, 4.69) is 27.7 Å². The Morgan fingerprint density at radius 3 is 1.67 bits per heavy atom. The third-order valence-corrected chi connectivity index (χ3v) is 2.57. The zero-order chi connectivity index (χ0) is 12.0. The van der Waals surface area contributed by atoms with Gasteiger partial charge in [0.05, 0.1) is 0 Å². The standard InChI is InChI=1S/C13H27NO/c1-10(2)7-12(8-11(3)4)9-13(15)14(5)6/h10-12H,7-9H2,1-6H3. The predicted octanol–water partition coefficient (Wildman–Crippen LogP) is 3.17. The van der Waals surface area contributed by atoms with Crippen LogP contribution >= 0.6 is 0 Å². The number of amides is 1. The molecule has 0 aliphatic carbocycles. The molecule has 0 aromatic rings. The van der Waals surface area contributed by atoms with Crippen LogP contribution < -0.4 is 0 Å². The average molecular weight is 213 g/mol. The lowest BCUT2D eigenvalue weighted by atomic mass is 9.87. The highest BCUT2D eigenvalue weighted by Crippen LogP contribution is 2.23. The molecular formula is C13H27NO. The maximum Gasteiger partial charge on any atom is 0.222 e. The Morgan fingerprint density at radius 2 is 1.40 bits per heavy atom. The highest BCUT2D eigenvalue weighted by molar-refractivity contribution is 5.75. The summed E-state index contributed by atoms with van der Waals surface area (Å²) in [6.07, 6.45) is 3.04. The summed E-state index contributed by atoms with van der Waals surface area (Å²) in [5.41, 5.74) is 0. The molecule has 0 rings (SSSR count). The molecule has 0 saturated heterocycles. The van der Waals surface area contributed by atoms with Crippen molar-refractivity contribution in [3.8, 4) is 0 Å². The third-order valence-electron chi connectivity index (χ3n) is 2.57. The molecule has 0 bridgehead atoms. The smallest absolute Gasteiger partial charge is 0.222 e. The van der Waals surface area contributed by atoms with Crippen LogP contribution in [0.1, 0.15) is 47.0 Å². The monoisotopic (exact) mass is 213 g/mol. The molecule has 0 unspecified atom stereocenters. The van der Waals surface area contributed by atoms with E-state index in [1.165, 1.54) is 0 Å². The van der Waals surface area contributed by atoms with Gasteiger partial charge in [0, 0.05) is 20.5 Å². The first-order valence-corrected chi connectivity index (χ1v) is 6.03. The van der Waals surface area contributed by atoms with Gasteiger partial charge in [-0.3, -0.25) is 4.79 Å². The molecule has 0 saturated carbocycles. The SMILES string of the molecule is CC(C)CC(CC(=O)N(C)C)CC(C)C. The molecule has 0 atom stereocenters. The van der Waals surface area contributed by atoms with E-state index in [1.54, 1.807) is 4.90 Å². The van der Waals surface area contributed by atoms with Crippen LogP contribution in [0.15, 0.2) is 0 Å². The second kappa shape index (κ2) is 6.86. The maximum absolute atomic E-state index is 11.6. The molecule has 0 aromatic carbocycles. The van der Waals surface area contributed by atoms with Gasteiger partial charge in [-0.2, -0.15) is 0 Å². The molecule has 0 fully saturated rings. The van der Waals surface area contributed by atoms with Crippen molar-refractivity contribution < 1.29 is 4.79 Å². The first kappa shape index (κ1) is 14.5. The van der Waals surface area contributed by atoms with Crippen molar-refractivity contribution in [1.29, 1.82) is 0 Å². The van der Waals surface area contributed by atoms with Gasteiger partial charge in [0.1, 0.15) is 0 Å². The van der Waals surface area contributed by atoms with Crippen LogP contribution in [0, 0.1) is 17.8 Å². The minimum absolute atomic E-state index is 0.265. The maximum atomic E-state index is 11.6. The van der Waals surface area contributed by atoms with Crippen molar-refractivity contribution in [1.82, 2.24) is 4.90 Å². The Morgan fingerprint density at radius 1 is 1.00 bits per heavy atom. The summed E-state index contributed by atoms with van der Waals surface area (Å²) in [5, 5.41) is 0. The van der Waals surface area contributed by atoms with Crippen molar-refractivity contribution in [2.75, 3.05) is 14.1 Å². The van der Waals surface area contributed by atoms with Crippen LogP contribution in [0.4, 0.5) is 0 Å². The summed E-state index contributed by atoms with van der Waals surface area (Å²) in [4.78, 5) is 13.3. The molecule has 2 heteroatoms. The van der Waals surface area contributed by atoms with Crippen molar-refractivity contribution in [2.24, 2.45) is 17.8 Å². The number of carbonyl (C=O) groups excluding carboxylic acids is 1. The first-order chi connectivity index (χ1) is 6.82. The highest BCUT2D eigenvalue weighted by atomic mass is 16.2. The fraction of sp³-hybridized carbons (Fsp3) is 0.923. The van der Waals surface area contributed by atoms with E-state index in [1.807, 2.05) is 14.1 Å². The molecule has 15 heavy (non-hydrogen) atoms. The zero-order valence-corrected chi connectivity index (χ0v) is 11.2. The van der Waals surface area contributed by atoms with Gasteiger partial charge in [-0.05, 0) is 30.6 Å². The van der Waals surface area contributed by atoms with Crippen LogP contribution in [0.5, 0.6) is 0 Å². The van der Waals surface area contributed by atoms with Crippen LogP contribution in [0.2, 0.25) is 0 Å². The van der Waals surface area contributed by atoms with Crippen LogP contribution in [0.3, 0.4) is 0 Å². The largest absolute Gasteiger partial charge is 0.349 e. The van der Waals surface area contributed by atoms with Crippen molar-refractivity contribution in [3.05, 3.63) is 0 Å². The lowest BCUT2D eigenvalue weighted by Crippen LogP contribution is -2.25. The van der Waals surface area contributed by atoms with E-state index in [0.717, 1.165) is 12.8 Å². The minimum atomic E-state index is 0.265. The zero-order valence-electron chi connectivity index (χ0n) is 11.2. The molecule has 0 aliphatic rings. The van der Waals surface area contributed by atoms with Crippen LogP contribution in [0.25, 0.3) is 0 Å². The molecule has 2 nitrogen and oxygen atoms in total. The Kier molecular flexibility index (Phi) is 6.62. The quantitative estimate of drug-likeness (QED) is 0.663. The van der Waals surface area contributed by atoms with E-state index in [-0.39, 0.29) is 5.91 Å². The van der Waals surface area contributed by atoms with Gasteiger partial charge in [0.2, 0.25) is 5.91 Å². The molecule has 0 N–H and O–H groups in total. The molecular weight excluding hydrogens is 186 g/mol. The highest BCUT2D eigenvalue weighted by Gasteiger charge is 2.17. The molecule has 0 heterocycles. The number of carbonyl (C=O) groups is 1. The second-order valence-electron chi connectivity index (χ2n) is 5.62. The Labute approximate surface area is 95.0 Å². The minimum Gasteiger partial charge on any atom is -0.349 e. The fourth-order valence-corrected chi connectivity index (χ4v) is 2.03. The topological polar surface area (TPSA) is 20.3 Å². The number of nitrogens with zero attached hydrogens (tertiary/aromatic N) is 1. The summed E-state index contributed by atoms with van der Waals surface area (Å²) in [6.45, 7) is 8.92. The van der Waals surface area contributed by atoms with Gasteiger partial charge in [-0.25, -0.2) is 0 Å². The molecule has 90 valence electrons. The van der Waals surface area contributed by atoms with E-state index in [9.17, 15) is 4.79 Å². The first-order valence-electron chi connectivity index (χ1n) is 6.03. The van der Waals surface area contributed by atoms with Crippen molar-refractivity contribution in [3.63, 3.8) is 0 Å². The predicted molar refractivity (Wildman–Crippen MR) is 65.7 cm³/mol. The lowest BCUT2D eigenvalue weighted by molar-refractivity contribution is -0.129. The summed E-state index contributed by atoms with van der Waals surface area (Å²) in [5.74, 6) is 2.19. The molecule has 0 aromatic heterocycles. The fourth-order valence-electron chi connectivity index (χ4n) is 2.03. The van der Waals surface area contributed by atoms with E-state index in [4.69, 9.17) is 0 Å². The van der Waals surface area contributed by atoms with Gasteiger partial charge in [-0.15, -0.1) is 0 Å². The van der Waals surface area contributed by atoms with Crippen molar-refractivity contribution in [2.45, 2.75) is 47.0 Å². The normalized spacial score (nSPS) is 11.5. The molecule has 0 aliphatic heterocycles. The number of hydrogen-bond donors (Lipinski definition) is 0. The van der Waals surface area contributed by atoms with Gasteiger partial charge < -0.3 is 4.90 Å². The van der Waals surface area contributed by atoms with Crippen LogP contribution in [-0.4, -0.2) is 24.9 Å². The molecule has 0 radical (unpaired) electrons. The molecule has 1 amide bonds. The van der Waals surface area contributed by atoms with Gasteiger partial charge in [-0.1, -0.05) is 27.7 Å². The summed E-state index contributed by atoms with van der Waals surface area (Å²) in [7, 11) is 3.67. The summed E-state index contributed by atoms with van der Waals surface area (Å²) in [6, 6.07) is 0.